The molecule has 3 saturated carbocycles. The number of nitriles is 1. The molecule has 4 heteroatoms. The van der Waals surface area contributed by atoms with Gasteiger partial charge >= 0.3 is 0 Å². The number of carbonyl (C=O) groups is 1. The third-order valence-corrected chi connectivity index (χ3v) is 6.41. The lowest BCUT2D eigenvalue weighted by Gasteiger charge is -2.60. The highest BCUT2D eigenvalue weighted by Gasteiger charge is 2.53. The highest BCUT2D eigenvalue weighted by Crippen LogP contribution is 2.61. The normalized spacial score (nSPS) is 36.9. The first-order valence-electron chi connectivity index (χ1n) is 8.44. The van der Waals surface area contributed by atoms with Crippen LogP contribution in [0.1, 0.15) is 46.0 Å². The smallest absolute Gasteiger partial charge is 0.237 e. The van der Waals surface area contributed by atoms with E-state index < -0.39 is 0 Å². The first-order valence-corrected chi connectivity index (χ1v) is 8.44. The highest BCUT2D eigenvalue weighted by atomic mass is 16.2. The number of rotatable bonds is 4. The van der Waals surface area contributed by atoms with E-state index in [1.807, 2.05) is 0 Å². The molecule has 4 atom stereocenters. The fraction of sp³-hybridized carbons (Fsp3) is 0.882. The molecular weight excluding hydrogens is 262 g/mol. The molecule has 0 radical (unpaired) electrons. The third kappa shape index (κ3) is 2.57. The molecule has 4 fully saturated rings. The summed E-state index contributed by atoms with van der Waals surface area (Å²) < 4.78 is 0. The fourth-order valence-electron chi connectivity index (χ4n) is 4.87. The number of hydrogen-bond acceptors (Lipinski definition) is 3. The minimum Gasteiger partial charge on any atom is -0.326 e. The molecular formula is C17H27N3O. The lowest BCUT2D eigenvalue weighted by atomic mass is 9.45. The monoisotopic (exact) mass is 289 g/mol. The zero-order chi connectivity index (χ0) is 15.0. The largest absolute Gasteiger partial charge is 0.326 e. The Morgan fingerprint density at radius 3 is 2.86 bits per heavy atom. The Kier molecular flexibility index (Phi) is 3.96. The maximum Gasteiger partial charge on any atom is 0.237 e. The lowest BCUT2D eigenvalue weighted by molar-refractivity contribution is -0.130. The van der Waals surface area contributed by atoms with Crippen LogP contribution in [0.5, 0.6) is 0 Å². The van der Waals surface area contributed by atoms with Crippen molar-refractivity contribution in [1.82, 2.24) is 10.2 Å². The summed E-state index contributed by atoms with van der Waals surface area (Å²) in [6.45, 7) is 6.91. The molecule has 4 nitrogen and oxygen atoms in total. The van der Waals surface area contributed by atoms with Crippen molar-refractivity contribution in [2.24, 2.45) is 23.2 Å². The quantitative estimate of drug-likeness (QED) is 0.863. The van der Waals surface area contributed by atoms with Crippen LogP contribution in [-0.4, -0.2) is 36.5 Å². The van der Waals surface area contributed by atoms with Crippen LogP contribution in [0.15, 0.2) is 0 Å². The van der Waals surface area contributed by atoms with Crippen LogP contribution in [-0.2, 0) is 4.79 Å². The predicted octanol–water partition coefficient (Wildman–Crippen LogP) is 2.16. The molecule has 0 aromatic carbocycles. The van der Waals surface area contributed by atoms with Gasteiger partial charge in [0.25, 0.3) is 0 Å². The molecule has 116 valence electrons. The Hall–Kier alpha value is -1.08. The van der Waals surface area contributed by atoms with Gasteiger partial charge in [0.2, 0.25) is 5.91 Å². The summed E-state index contributed by atoms with van der Waals surface area (Å²) in [5.74, 6) is 2.59. The van der Waals surface area contributed by atoms with Crippen molar-refractivity contribution in [3.8, 4) is 6.07 Å². The van der Waals surface area contributed by atoms with E-state index in [-0.39, 0.29) is 11.9 Å². The summed E-state index contributed by atoms with van der Waals surface area (Å²) in [6.07, 6.45) is 5.85. The van der Waals surface area contributed by atoms with Crippen LogP contribution in [0, 0.1) is 34.5 Å². The standard InChI is InChI=1S/C17H27N3O/c1-17(2)13-6-5-12(15(17)8-13)10-19-11-16(21)20-7-3-4-14(20)9-18/h12-15,19H,3-8,10-11H2,1-2H3/t12-,13+,14-,15+/m0/s1. The summed E-state index contributed by atoms with van der Waals surface area (Å²) >= 11 is 0. The third-order valence-electron chi connectivity index (χ3n) is 6.41. The van der Waals surface area contributed by atoms with Gasteiger partial charge in [0.1, 0.15) is 6.04 Å². The van der Waals surface area contributed by atoms with Gasteiger partial charge in [-0.05, 0) is 61.8 Å². The van der Waals surface area contributed by atoms with E-state index in [9.17, 15) is 4.79 Å². The van der Waals surface area contributed by atoms with E-state index in [2.05, 4.69) is 25.2 Å². The van der Waals surface area contributed by atoms with Gasteiger partial charge in [-0.1, -0.05) is 13.8 Å². The second kappa shape index (κ2) is 5.61. The molecule has 1 amide bonds. The summed E-state index contributed by atoms with van der Waals surface area (Å²) in [5.41, 5.74) is 0.509. The fourth-order valence-corrected chi connectivity index (χ4v) is 4.87. The number of amides is 1. The summed E-state index contributed by atoms with van der Waals surface area (Å²) in [7, 11) is 0. The van der Waals surface area contributed by atoms with E-state index in [1.54, 1.807) is 4.90 Å². The van der Waals surface area contributed by atoms with E-state index in [4.69, 9.17) is 5.26 Å². The minimum atomic E-state index is -0.194. The van der Waals surface area contributed by atoms with Gasteiger partial charge in [0, 0.05) is 6.54 Å². The van der Waals surface area contributed by atoms with Crippen molar-refractivity contribution >= 4 is 5.91 Å². The molecule has 1 heterocycles. The van der Waals surface area contributed by atoms with Crippen molar-refractivity contribution in [2.45, 2.75) is 52.0 Å². The molecule has 2 bridgehead atoms. The summed E-state index contributed by atoms with van der Waals surface area (Å²) in [4.78, 5) is 13.9. The Balaban J connectivity index is 1.44. The van der Waals surface area contributed by atoms with Gasteiger partial charge in [-0.3, -0.25) is 4.79 Å². The van der Waals surface area contributed by atoms with E-state index in [0.717, 1.165) is 43.7 Å². The SMILES string of the molecule is CC1(C)[C@@H]2CC[C@@H](CNCC(=O)N3CCC[C@H]3C#N)[C@H]1C2. The number of nitrogens with one attached hydrogen (secondary N) is 1. The van der Waals surface area contributed by atoms with E-state index in [1.165, 1.54) is 19.3 Å². The van der Waals surface area contributed by atoms with Gasteiger partial charge in [0.05, 0.1) is 12.6 Å². The van der Waals surface area contributed by atoms with Gasteiger partial charge in [0.15, 0.2) is 0 Å². The molecule has 0 spiro atoms. The second-order valence-corrected chi connectivity index (χ2v) is 7.70. The zero-order valence-corrected chi connectivity index (χ0v) is 13.3. The Morgan fingerprint density at radius 1 is 1.38 bits per heavy atom. The molecule has 21 heavy (non-hydrogen) atoms. The first kappa shape index (κ1) is 14.8. The highest BCUT2D eigenvalue weighted by molar-refractivity contribution is 5.79. The van der Waals surface area contributed by atoms with E-state index in [0.29, 0.717) is 12.0 Å². The topological polar surface area (TPSA) is 56.1 Å². The number of nitrogens with zero attached hydrogens (tertiary/aromatic N) is 2. The number of likely N-dealkylation sites (tertiary alicyclic amines) is 1. The Labute approximate surface area is 127 Å². The van der Waals surface area contributed by atoms with Crippen molar-refractivity contribution in [1.29, 1.82) is 5.26 Å². The Bertz CT molecular complexity index is 451. The molecule has 4 aliphatic rings. The molecule has 0 unspecified atom stereocenters. The van der Waals surface area contributed by atoms with Crippen LogP contribution in [0.25, 0.3) is 0 Å². The van der Waals surface area contributed by atoms with Crippen LogP contribution in [0.4, 0.5) is 0 Å². The van der Waals surface area contributed by atoms with Crippen LogP contribution in [0.3, 0.4) is 0 Å². The van der Waals surface area contributed by atoms with Crippen molar-refractivity contribution in [2.75, 3.05) is 19.6 Å². The van der Waals surface area contributed by atoms with Crippen LogP contribution >= 0.6 is 0 Å². The number of carbonyl (C=O) groups excluding carboxylic acids is 1. The van der Waals surface area contributed by atoms with Gasteiger partial charge in [-0.2, -0.15) is 5.26 Å². The zero-order valence-electron chi connectivity index (χ0n) is 13.3. The van der Waals surface area contributed by atoms with E-state index >= 15 is 0 Å². The molecule has 0 aromatic heterocycles. The van der Waals surface area contributed by atoms with Crippen molar-refractivity contribution < 1.29 is 4.79 Å². The molecule has 1 saturated heterocycles. The first-order chi connectivity index (χ1) is 10.0. The van der Waals surface area contributed by atoms with Gasteiger partial charge in [-0.15, -0.1) is 0 Å². The number of fused-ring (bicyclic) bond motifs is 2. The predicted molar refractivity (Wildman–Crippen MR) is 81.3 cm³/mol. The molecule has 1 aliphatic heterocycles. The maximum atomic E-state index is 12.2. The van der Waals surface area contributed by atoms with Crippen LogP contribution < -0.4 is 5.32 Å². The van der Waals surface area contributed by atoms with Crippen LogP contribution in [0.2, 0.25) is 0 Å². The second-order valence-electron chi connectivity index (χ2n) is 7.70. The van der Waals surface area contributed by atoms with Crippen molar-refractivity contribution in [3.63, 3.8) is 0 Å². The number of hydrogen-bond donors (Lipinski definition) is 1. The average molecular weight is 289 g/mol. The van der Waals surface area contributed by atoms with Gasteiger partial charge in [-0.25, -0.2) is 0 Å². The average Bonchev–Trinajstić information content (AvgIpc) is 2.95. The summed E-state index contributed by atoms with van der Waals surface area (Å²) in [6, 6.07) is 2.04. The maximum absolute atomic E-state index is 12.2. The molecule has 0 aromatic rings. The molecule has 3 aliphatic carbocycles. The molecule has 1 N–H and O–H groups in total. The lowest BCUT2D eigenvalue weighted by Crippen LogP contribution is -2.54. The van der Waals surface area contributed by atoms with Crippen molar-refractivity contribution in [3.05, 3.63) is 0 Å². The molecule has 4 rings (SSSR count). The minimum absolute atomic E-state index is 0.0978. The Morgan fingerprint density at radius 2 is 2.19 bits per heavy atom. The summed E-state index contributed by atoms with van der Waals surface area (Å²) in [5, 5.41) is 12.4. The van der Waals surface area contributed by atoms with Gasteiger partial charge < -0.3 is 10.2 Å².